The molecule has 36 heavy (non-hydrogen) atoms. The number of rotatable bonds is 9. The molecule has 0 unspecified atom stereocenters. The van der Waals surface area contributed by atoms with Crippen molar-refractivity contribution in [3.05, 3.63) is 40.7 Å². The van der Waals surface area contributed by atoms with Gasteiger partial charge in [-0.1, -0.05) is 0 Å². The number of halogens is 15. The van der Waals surface area contributed by atoms with Gasteiger partial charge in [0, 0.05) is 13.1 Å². The quantitative estimate of drug-likeness (QED) is 0.188. The van der Waals surface area contributed by atoms with Crippen LogP contribution < -0.4 is 10.1 Å². The standard InChI is InChI=1S/C17H11F15N2O2/c1-34(2)4-3-33-13(35)5-6(18)7(19)8(20)9(21)10(5)36-12(23)11(22)14(24,25)15(26,27)16(28,29)17(30,31)32/h3-4H2,1-2H3,(H,33,35). The largest absolute Gasteiger partial charge is 0.460 e. The predicted octanol–water partition coefficient (Wildman–Crippen LogP) is 5.49. The molecule has 0 fully saturated rings. The molecule has 1 N–H and O–H groups in total. The van der Waals surface area contributed by atoms with E-state index in [-0.39, 0.29) is 6.54 Å². The number of benzene rings is 1. The third-order valence-electron chi connectivity index (χ3n) is 4.08. The van der Waals surface area contributed by atoms with Crippen molar-refractivity contribution in [2.24, 2.45) is 0 Å². The van der Waals surface area contributed by atoms with Gasteiger partial charge in [0.2, 0.25) is 17.5 Å². The first-order valence-corrected chi connectivity index (χ1v) is 8.76. The molecule has 1 aromatic rings. The van der Waals surface area contributed by atoms with Gasteiger partial charge in [0.05, 0.1) is 0 Å². The first-order chi connectivity index (χ1) is 16.0. The number of nitrogens with one attached hydrogen (secondary N) is 1. The lowest BCUT2D eigenvalue weighted by Crippen LogP contribution is -2.61. The smallest absolute Gasteiger partial charge is 0.425 e. The fraction of sp³-hybridized carbons (Fsp3) is 0.471. The van der Waals surface area contributed by atoms with E-state index in [9.17, 15) is 70.7 Å². The zero-order chi connectivity index (χ0) is 28.6. The Hall–Kier alpha value is -2.86. The highest BCUT2D eigenvalue weighted by Crippen LogP contribution is 2.56. The number of hydrogen-bond acceptors (Lipinski definition) is 3. The minimum Gasteiger partial charge on any atom is -0.425 e. The van der Waals surface area contributed by atoms with Gasteiger partial charge in [-0.25, -0.2) is 13.2 Å². The highest BCUT2D eigenvalue weighted by Gasteiger charge is 2.83. The molecule has 19 heteroatoms. The number of carbonyl (C=O) groups is 1. The molecule has 0 spiro atoms. The van der Waals surface area contributed by atoms with Crippen molar-refractivity contribution in [2.75, 3.05) is 27.2 Å². The minimum absolute atomic E-state index is 0.0761. The molecule has 0 aliphatic carbocycles. The van der Waals surface area contributed by atoms with Crippen molar-refractivity contribution in [1.29, 1.82) is 0 Å². The lowest BCUT2D eigenvalue weighted by Gasteiger charge is -2.32. The van der Waals surface area contributed by atoms with Gasteiger partial charge in [0.1, 0.15) is 5.56 Å². The van der Waals surface area contributed by atoms with Gasteiger partial charge in [0.25, 0.3) is 5.91 Å². The lowest BCUT2D eigenvalue weighted by atomic mass is 10.0. The maximum atomic E-state index is 14.0. The molecule has 0 atom stereocenters. The Labute approximate surface area is 190 Å². The first-order valence-electron chi connectivity index (χ1n) is 8.76. The summed E-state index contributed by atoms with van der Waals surface area (Å²) in [6.07, 6.45) is -7.43. The number of carbonyl (C=O) groups excluding carboxylic acids is 1. The Morgan fingerprint density at radius 1 is 0.806 bits per heavy atom. The van der Waals surface area contributed by atoms with Crippen LogP contribution in [0.1, 0.15) is 10.4 Å². The van der Waals surface area contributed by atoms with Crippen LogP contribution in [0.3, 0.4) is 0 Å². The molecular formula is C17H11F15N2O2. The molecular weight excluding hydrogens is 549 g/mol. The maximum Gasteiger partial charge on any atom is 0.460 e. The van der Waals surface area contributed by atoms with Crippen molar-refractivity contribution in [1.82, 2.24) is 10.2 Å². The van der Waals surface area contributed by atoms with Gasteiger partial charge in [0.15, 0.2) is 17.4 Å². The summed E-state index contributed by atoms with van der Waals surface area (Å²) in [6.45, 7) is -0.567. The summed E-state index contributed by atoms with van der Waals surface area (Å²) in [7, 11) is 2.83. The van der Waals surface area contributed by atoms with Crippen LogP contribution in [-0.2, 0) is 0 Å². The van der Waals surface area contributed by atoms with Gasteiger partial charge in [-0.2, -0.15) is 52.7 Å². The SMILES string of the molecule is CN(C)CCNC(=O)c1c(F)c(F)c(F)c(F)c1OC(F)=C(F)C(F)(F)C(F)(F)C(F)(F)C(F)(F)F. The maximum absolute atomic E-state index is 14.0. The molecule has 1 amide bonds. The van der Waals surface area contributed by atoms with E-state index >= 15 is 0 Å². The Bertz CT molecular complexity index is 1030. The van der Waals surface area contributed by atoms with Gasteiger partial charge in [-0.15, -0.1) is 0 Å². The molecule has 4 nitrogen and oxygen atoms in total. The molecule has 0 saturated heterocycles. The van der Waals surface area contributed by atoms with Gasteiger partial charge >= 0.3 is 30.0 Å². The molecule has 0 bridgehead atoms. The Morgan fingerprint density at radius 2 is 1.28 bits per heavy atom. The van der Waals surface area contributed by atoms with E-state index in [0.29, 0.717) is 0 Å². The molecule has 0 aromatic heterocycles. The topological polar surface area (TPSA) is 41.6 Å². The average molecular weight is 560 g/mol. The van der Waals surface area contributed by atoms with Crippen LogP contribution in [0.4, 0.5) is 65.9 Å². The van der Waals surface area contributed by atoms with Crippen LogP contribution in [0, 0.1) is 23.3 Å². The average Bonchev–Trinajstić information content (AvgIpc) is 2.73. The third-order valence-corrected chi connectivity index (χ3v) is 4.08. The van der Waals surface area contributed by atoms with Crippen LogP contribution in [0.25, 0.3) is 0 Å². The minimum atomic E-state index is -7.74. The molecule has 0 radical (unpaired) electrons. The van der Waals surface area contributed by atoms with E-state index in [0.717, 1.165) is 0 Å². The van der Waals surface area contributed by atoms with E-state index in [1.807, 2.05) is 0 Å². The van der Waals surface area contributed by atoms with Crippen LogP contribution in [-0.4, -0.2) is 61.9 Å². The number of amides is 1. The van der Waals surface area contributed by atoms with Crippen LogP contribution in [0.5, 0.6) is 5.75 Å². The number of ether oxygens (including phenoxy) is 1. The summed E-state index contributed by atoms with van der Waals surface area (Å²) in [5.74, 6) is -43.2. The number of nitrogens with zero attached hydrogens (tertiary/aromatic N) is 1. The summed E-state index contributed by atoms with van der Waals surface area (Å²) < 4.78 is 201. The number of hydrogen-bond donors (Lipinski definition) is 1. The van der Waals surface area contributed by atoms with Gasteiger partial charge in [-0.3, -0.25) is 4.79 Å². The zero-order valence-electron chi connectivity index (χ0n) is 17.3. The van der Waals surface area contributed by atoms with Crippen molar-refractivity contribution in [3.8, 4) is 5.75 Å². The number of allylic oxidation sites excluding steroid dienone is 1. The van der Waals surface area contributed by atoms with E-state index in [1.54, 1.807) is 5.32 Å². The van der Waals surface area contributed by atoms with Gasteiger partial charge in [-0.05, 0) is 14.1 Å². The molecule has 206 valence electrons. The monoisotopic (exact) mass is 560 g/mol. The number of likely N-dealkylation sites (N-methyl/N-ethyl adjacent to an activating group) is 1. The van der Waals surface area contributed by atoms with Crippen LogP contribution in [0.2, 0.25) is 0 Å². The Balaban J connectivity index is 3.65. The fourth-order valence-corrected chi connectivity index (χ4v) is 2.16. The number of alkyl halides is 9. The van der Waals surface area contributed by atoms with Crippen molar-refractivity contribution in [2.45, 2.75) is 23.9 Å². The van der Waals surface area contributed by atoms with Crippen LogP contribution in [0.15, 0.2) is 11.8 Å². The first kappa shape index (κ1) is 31.2. The summed E-state index contributed by atoms with van der Waals surface area (Å²) in [5, 5.41) is 1.70. The second-order valence-electron chi connectivity index (χ2n) is 6.93. The summed E-state index contributed by atoms with van der Waals surface area (Å²) >= 11 is 0. The van der Waals surface area contributed by atoms with Crippen molar-refractivity contribution >= 4 is 5.91 Å². The highest BCUT2D eigenvalue weighted by atomic mass is 19.4. The van der Waals surface area contributed by atoms with Crippen molar-refractivity contribution < 1.29 is 75.4 Å². The van der Waals surface area contributed by atoms with Crippen LogP contribution >= 0.6 is 0 Å². The molecule has 0 aliphatic rings. The second-order valence-corrected chi connectivity index (χ2v) is 6.93. The molecule has 0 aliphatic heterocycles. The third kappa shape index (κ3) is 5.44. The highest BCUT2D eigenvalue weighted by molar-refractivity contribution is 5.97. The summed E-state index contributed by atoms with van der Waals surface area (Å²) in [5.41, 5.74) is -2.18. The Kier molecular flexibility index (Phi) is 8.88. The summed E-state index contributed by atoms with van der Waals surface area (Å²) in [4.78, 5) is 13.4. The fourth-order valence-electron chi connectivity index (χ4n) is 2.16. The van der Waals surface area contributed by atoms with Crippen molar-refractivity contribution in [3.63, 3.8) is 0 Å². The molecule has 0 saturated carbocycles. The van der Waals surface area contributed by atoms with E-state index in [4.69, 9.17) is 0 Å². The van der Waals surface area contributed by atoms with E-state index < -0.39 is 82.8 Å². The molecule has 1 rings (SSSR count). The van der Waals surface area contributed by atoms with E-state index in [2.05, 4.69) is 4.74 Å². The second kappa shape index (κ2) is 10.3. The van der Waals surface area contributed by atoms with Gasteiger partial charge < -0.3 is 15.0 Å². The normalized spacial score (nSPS) is 14.2. The van der Waals surface area contributed by atoms with E-state index in [1.165, 1.54) is 19.0 Å². The molecule has 0 heterocycles. The lowest BCUT2D eigenvalue weighted by molar-refractivity contribution is -0.392. The zero-order valence-corrected chi connectivity index (χ0v) is 17.3. The predicted molar refractivity (Wildman–Crippen MR) is 87.9 cm³/mol. The Morgan fingerprint density at radius 3 is 1.72 bits per heavy atom. The molecule has 1 aromatic carbocycles. The summed E-state index contributed by atoms with van der Waals surface area (Å²) in [6, 6.07) is -3.93.